The minimum atomic E-state index is -0.111. The molecule has 0 spiro atoms. The summed E-state index contributed by atoms with van der Waals surface area (Å²) >= 11 is 0.508. The highest BCUT2D eigenvalue weighted by molar-refractivity contribution is 7.66. The number of hydrazine groups is 1. The van der Waals surface area contributed by atoms with E-state index >= 15 is 0 Å². The van der Waals surface area contributed by atoms with Gasteiger partial charge in [-0.1, -0.05) is 6.92 Å². The molecule has 1 unspecified atom stereocenters. The molecule has 0 aliphatic carbocycles. The molecule has 4 heteroatoms. The van der Waals surface area contributed by atoms with Gasteiger partial charge >= 0.3 is 17.0 Å². The molecule has 0 aromatic carbocycles. The molecule has 3 nitrogen and oxygen atoms in total. The minimum Gasteiger partial charge on any atom is -0.267 e. The zero-order valence-electron chi connectivity index (χ0n) is 4.89. The molecule has 0 aliphatic rings. The van der Waals surface area contributed by atoms with Crippen LogP contribution in [0.5, 0.6) is 0 Å². The van der Waals surface area contributed by atoms with Crippen molar-refractivity contribution in [2.45, 2.75) is 25.1 Å². The van der Waals surface area contributed by atoms with Crippen LogP contribution in [0.25, 0.3) is 0 Å². The van der Waals surface area contributed by atoms with Crippen molar-refractivity contribution in [3.63, 3.8) is 0 Å². The molecule has 0 aromatic heterocycles. The fourth-order valence-corrected chi connectivity index (χ4v) is 0.809. The van der Waals surface area contributed by atoms with Gasteiger partial charge in [0, 0.05) is 10.6 Å². The summed E-state index contributed by atoms with van der Waals surface area (Å²) in [6.45, 7) is 2.01. The summed E-state index contributed by atoms with van der Waals surface area (Å²) in [6.07, 6.45) is 1.83. The van der Waals surface area contributed by atoms with E-state index in [1.54, 1.807) is 0 Å². The maximum atomic E-state index is 10.0. The van der Waals surface area contributed by atoms with Crippen LogP contribution in [0.1, 0.15) is 19.8 Å². The van der Waals surface area contributed by atoms with Gasteiger partial charge in [0.2, 0.25) is 0 Å². The first kappa shape index (κ1) is 7.94. The van der Waals surface area contributed by atoms with Crippen molar-refractivity contribution >= 4 is 11.7 Å². The lowest BCUT2D eigenvalue weighted by atomic mass is 10.3. The summed E-state index contributed by atoms with van der Waals surface area (Å²) in [6, 6.07) is 0. The van der Waals surface area contributed by atoms with Gasteiger partial charge in [0.15, 0.2) is 0 Å². The lowest BCUT2D eigenvalue weighted by molar-refractivity contribution is 0.566. The largest absolute Gasteiger partial charge is 0.480 e. The third-order valence-corrected chi connectivity index (χ3v) is 1.46. The molecule has 0 aromatic rings. The van der Waals surface area contributed by atoms with E-state index in [9.17, 15) is 4.21 Å². The van der Waals surface area contributed by atoms with Crippen LogP contribution in [0.4, 0.5) is 0 Å². The Labute approximate surface area is 53.1 Å². The van der Waals surface area contributed by atoms with Gasteiger partial charge in [0.05, 0.1) is 0 Å². The minimum absolute atomic E-state index is 0.111. The van der Waals surface area contributed by atoms with Gasteiger partial charge in [0.25, 0.3) is 0 Å². The molecule has 0 amide bonds. The monoisotopic (exact) mass is 135 g/mol. The van der Waals surface area contributed by atoms with Crippen molar-refractivity contribution in [2.75, 3.05) is 0 Å². The second-order valence-electron chi connectivity index (χ2n) is 1.54. The highest BCUT2D eigenvalue weighted by atomic mass is 32.1. The highest BCUT2D eigenvalue weighted by Gasteiger charge is 2.16. The topological polar surface area (TPSA) is 55.1 Å². The summed E-state index contributed by atoms with van der Waals surface area (Å²) in [5.74, 6) is 5.00. The molecular formula is C4H11N2OS+. The third-order valence-electron chi connectivity index (χ3n) is 0.853. The summed E-state index contributed by atoms with van der Waals surface area (Å²) in [7, 11) is 0. The van der Waals surface area contributed by atoms with Gasteiger partial charge in [-0.2, -0.15) is 0 Å². The lowest BCUT2D eigenvalue weighted by Gasteiger charge is -1.91. The Morgan fingerprint density at radius 1 is 1.88 bits per heavy atom. The van der Waals surface area contributed by atoms with Crippen LogP contribution < -0.4 is 11.3 Å². The number of hydrogen-bond acceptors (Lipinski definition) is 3. The zero-order chi connectivity index (χ0) is 6.41. The first-order chi connectivity index (χ1) is 3.85. The Bertz CT molecular complexity index is 69.1. The van der Waals surface area contributed by atoms with Gasteiger partial charge in [0.1, 0.15) is 0 Å². The molecule has 0 heterocycles. The standard InChI is InChI=1S/C4H11N2OS/c1-2-3-4(6-5)8-7/h4,6H,2-3,5H2,1H3/q+1. The SMILES string of the molecule is CCCC(NN)[S+]=O. The van der Waals surface area contributed by atoms with Crippen LogP contribution in [0.2, 0.25) is 0 Å². The van der Waals surface area contributed by atoms with E-state index in [-0.39, 0.29) is 5.37 Å². The van der Waals surface area contributed by atoms with Gasteiger partial charge in [-0.3, -0.25) is 5.84 Å². The van der Waals surface area contributed by atoms with Crippen molar-refractivity contribution < 1.29 is 4.21 Å². The predicted octanol–water partition coefficient (Wildman–Crippen LogP) is 0.00400. The van der Waals surface area contributed by atoms with Crippen molar-refractivity contribution in [2.24, 2.45) is 5.84 Å². The normalized spacial score (nSPS) is 13.2. The van der Waals surface area contributed by atoms with Crippen LogP contribution in [0, 0.1) is 0 Å². The smallest absolute Gasteiger partial charge is 0.267 e. The zero-order valence-corrected chi connectivity index (χ0v) is 5.70. The van der Waals surface area contributed by atoms with Gasteiger partial charge < -0.3 is 0 Å². The van der Waals surface area contributed by atoms with E-state index in [4.69, 9.17) is 5.84 Å². The number of hydrogen-bond donors (Lipinski definition) is 2. The first-order valence-electron chi connectivity index (χ1n) is 2.60. The first-order valence-corrected chi connectivity index (χ1v) is 3.40. The molecule has 48 valence electrons. The maximum absolute atomic E-state index is 10.0. The summed E-state index contributed by atoms with van der Waals surface area (Å²) in [5, 5.41) is -0.111. The molecule has 0 aliphatic heterocycles. The summed E-state index contributed by atoms with van der Waals surface area (Å²) in [4.78, 5) is 0. The molecule has 8 heavy (non-hydrogen) atoms. The van der Waals surface area contributed by atoms with Gasteiger partial charge in [-0.25, -0.2) is 5.43 Å². The molecular weight excluding hydrogens is 124 g/mol. The second-order valence-corrected chi connectivity index (χ2v) is 2.30. The molecule has 0 fully saturated rings. The molecule has 0 bridgehead atoms. The van der Waals surface area contributed by atoms with Crippen LogP contribution in [-0.4, -0.2) is 5.37 Å². The highest BCUT2D eigenvalue weighted by Crippen LogP contribution is 1.91. The molecule has 0 rings (SSSR count). The Kier molecular flexibility index (Phi) is 5.05. The van der Waals surface area contributed by atoms with Crippen molar-refractivity contribution in [1.29, 1.82) is 0 Å². The molecule has 0 saturated heterocycles. The van der Waals surface area contributed by atoms with Crippen molar-refractivity contribution in [1.82, 2.24) is 5.43 Å². The average Bonchev–Trinajstić information content (AvgIpc) is 1.83. The Hall–Kier alpha value is -0.0600. The predicted molar refractivity (Wildman–Crippen MR) is 34.1 cm³/mol. The van der Waals surface area contributed by atoms with Gasteiger partial charge in [-0.05, 0) is 6.42 Å². The lowest BCUT2D eigenvalue weighted by Crippen LogP contribution is -2.33. The van der Waals surface area contributed by atoms with E-state index in [0.29, 0.717) is 11.7 Å². The van der Waals surface area contributed by atoms with E-state index in [1.807, 2.05) is 6.92 Å². The van der Waals surface area contributed by atoms with Crippen LogP contribution in [0.3, 0.4) is 0 Å². The fourth-order valence-electron chi connectivity index (χ4n) is 0.421. The van der Waals surface area contributed by atoms with Crippen molar-refractivity contribution in [3.05, 3.63) is 0 Å². The number of nitrogens with two attached hydrogens (primary N) is 1. The van der Waals surface area contributed by atoms with Gasteiger partial charge in [-0.15, -0.1) is 0 Å². The van der Waals surface area contributed by atoms with E-state index < -0.39 is 0 Å². The van der Waals surface area contributed by atoms with Crippen LogP contribution >= 0.6 is 0 Å². The fraction of sp³-hybridized carbons (Fsp3) is 1.00. The number of rotatable bonds is 4. The molecule has 0 saturated carbocycles. The Balaban J connectivity index is 3.21. The van der Waals surface area contributed by atoms with Crippen LogP contribution in [0.15, 0.2) is 0 Å². The Morgan fingerprint density at radius 3 is 2.62 bits per heavy atom. The third kappa shape index (κ3) is 3.01. The number of nitrogens with one attached hydrogen (secondary N) is 1. The molecule has 3 N–H and O–H groups in total. The van der Waals surface area contributed by atoms with Crippen molar-refractivity contribution in [3.8, 4) is 0 Å². The molecule has 1 atom stereocenters. The summed E-state index contributed by atoms with van der Waals surface area (Å²) < 4.78 is 10.0. The Morgan fingerprint density at radius 2 is 2.50 bits per heavy atom. The molecule has 0 radical (unpaired) electrons. The quantitative estimate of drug-likeness (QED) is 0.247. The average molecular weight is 135 g/mol. The second kappa shape index (κ2) is 5.08. The van der Waals surface area contributed by atoms with E-state index in [0.717, 1.165) is 12.8 Å². The van der Waals surface area contributed by atoms with E-state index in [2.05, 4.69) is 5.43 Å². The van der Waals surface area contributed by atoms with E-state index in [1.165, 1.54) is 0 Å². The van der Waals surface area contributed by atoms with Crippen LogP contribution in [-0.2, 0) is 15.9 Å². The summed E-state index contributed by atoms with van der Waals surface area (Å²) in [5.41, 5.74) is 2.40. The maximum Gasteiger partial charge on any atom is 0.480 e.